The zero-order valence-electron chi connectivity index (χ0n) is 18.8. The molecule has 1 amide bonds. The second kappa shape index (κ2) is 9.36. The van der Waals surface area contributed by atoms with Crippen molar-refractivity contribution in [1.82, 2.24) is 0 Å². The van der Waals surface area contributed by atoms with Crippen molar-refractivity contribution in [2.24, 2.45) is 16.6 Å². The van der Waals surface area contributed by atoms with Gasteiger partial charge < -0.3 is 16.2 Å². The number of hydrogen-bond acceptors (Lipinski definition) is 4. The Kier molecular flexibility index (Phi) is 6.59. The summed E-state index contributed by atoms with van der Waals surface area (Å²) in [6.07, 6.45) is -0.0135. The van der Waals surface area contributed by atoms with Crippen molar-refractivity contribution in [1.29, 1.82) is 0 Å². The van der Waals surface area contributed by atoms with Crippen LogP contribution in [-0.4, -0.2) is 29.7 Å². The van der Waals surface area contributed by atoms with Crippen LogP contribution in [0.4, 0.5) is 27.6 Å². The minimum atomic E-state index is -4.75. The van der Waals surface area contributed by atoms with Crippen molar-refractivity contribution in [2.45, 2.75) is 37.3 Å². The maximum atomic E-state index is 15.1. The lowest BCUT2D eigenvalue weighted by Gasteiger charge is -2.19. The third-order valence-corrected chi connectivity index (χ3v) is 6.33. The molecule has 4 N–H and O–H groups in total. The third-order valence-electron chi connectivity index (χ3n) is 6.33. The summed E-state index contributed by atoms with van der Waals surface area (Å²) in [4.78, 5) is 29.1. The summed E-state index contributed by atoms with van der Waals surface area (Å²) in [6.45, 7) is 0.512. The maximum Gasteiger partial charge on any atom is 0.416 e. The molecule has 0 radical (unpaired) electrons. The van der Waals surface area contributed by atoms with Crippen LogP contribution in [0.25, 0.3) is 5.57 Å². The Hall–Kier alpha value is -3.76. The maximum absolute atomic E-state index is 15.1. The highest BCUT2D eigenvalue weighted by Crippen LogP contribution is 2.50. The highest BCUT2D eigenvalue weighted by molar-refractivity contribution is 6.14. The van der Waals surface area contributed by atoms with Crippen LogP contribution >= 0.6 is 0 Å². The molecular weight excluding hydrogens is 485 g/mol. The van der Waals surface area contributed by atoms with Gasteiger partial charge in [-0.3, -0.25) is 9.79 Å². The van der Waals surface area contributed by atoms with E-state index in [2.05, 4.69) is 10.3 Å². The Bertz CT molecular complexity index is 1280. The molecule has 0 saturated heterocycles. The number of halogens is 5. The fraction of sp³-hybridized carbons (Fsp3) is 0.320. The van der Waals surface area contributed by atoms with E-state index in [4.69, 9.17) is 5.73 Å². The first kappa shape index (κ1) is 25.3. The number of nitrogens with zero attached hydrogens (tertiary/aromatic N) is 1. The first-order valence-electron chi connectivity index (χ1n) is 11.1. The van der Waals surface area contributed by atoms with Gasteiger partial charge in [0.1, 0.15) is 11.6 Å². The molecule has 11 heteroatoms. The molecule has 0 unspecified atom stereocenters. The van der Waals surface area contributed by atoms with Crippen molar-refractivity contribution >= 4 is 29.4 Å². The summed E-state index contributed by atoms with van der Waals surface area (Å²) in [6, 6.07) is 3.86. The minimum absolute atomic E-state index is 0.0499. The summed E-state index contributed by atoms with van der Waals surface area (Å²) in [5.74, 6) is -3.99. The summed E-state index contributed by atoms with van der Waals surface area (Å²) in [5.41, 5.74) is 1.80. The molecule has 36 heavy (non-hydrogen) atoms. The zero-order chi connectivity index (χ0) is 26.3. The van der Waals surface area contributed by atoms with Crippen molar-refractivity contribution in [2.75, 3.05) is 11.9 Å². The van der Waals surface area contributed by atoms with Crippen molar-refractivity contribution in [3.63, 3.8) is 0 Å². The number of nitrogens with one attached hydrogen (secondary N) is 1. The number of alkyl halides is 3. The Morgan fingerprint density at radius 2 is 1.83 bits per heavy atom. The second-order valence-corrected chi connectivity index (χ2v) is 8.97. The van der Waals surface area contributed by atoms with Gasteiger partial charge in [0.05, 0.1) is 16.5 Å². The lowest BCUT2D eigenvalue weighted by molar-refractivity contribution is -0.137. The monoisotopic (exact) mass is 507 g/mol. The summed E-state index contributed by atoms with van der Waals surface area (Å²) < 4.78 is 68.2. The van der Waals surface area contributed by atoms with E-state index < -0.39 is 46.2 Å². The standard InChI is InChI=1S/C25H22F5N3O3/c26-19-7-15(25(28,29)30)3-4-18(19)24(5-6-24)23(36)33-16-8-17(22(34)35)21(20(27)9-16)14(10-31)12-32-11-13-1-2-13/h3-4,7-10,12-13H,1-2,5-6,11,31H2,(H,33,36)(H,34,35). The molecule has 2 saturated carbocycles. The number of carboxylic acid groups (broad SMARTS) is 1. The van der Waals surface area contributed by atoms with E-state index in [1.54, 1.807) is 0 Å². The number of amides is 1. The quantitative estimate of drug-likeness (QED) is 0.340. The average Bonchev–Trinajstić information content (AvgIpc) is 3.71. The molecule has 2 aromatic rings. The minimum Gasteiger partial charge on any atom is -0.478 e. The van der Waals surface area contributed by atoms with E-state index >= 15 is 4.39 Å². The van der Waals surface area contributed by atoms with Crippen LogP contribution in [0.2, 0.25) is 0 Å². The van der Waals surface area contributed by atoms with Gasteiger partial charge in [0.2, 0.25) is 5.91 Å². The number of carboxylic acids is 1. The van der Waals surface area contributed by atoms with Crippen molar-refractivity contribution in [3.05, 3.63) is 70.4 Å². The third kappa shape index (κ3) is 5.09. The van der Waals surface area contributed by atoms with Gasteiger partial charge in [-0.1, -0.05) is 6.07 Å². The SMILES string of the molecule is NC=C(C=NCC1CC1)c1c(F)cc(NC(=O)C2(c3ccc(C(F)(F)F)cc3F)CC2)cc1C(=O)O. The second-order valence-electron chi connectivity index (χ2n) is 8.97. The van der Waals surface area contributed by atoms with Crippen molar-refractivity contribution < 1.29 is 36.6 Å². The first-order chi connectivity index (χ1) is 17.0. The van der Waals surface area contributed by atoms with E-state index in [9.17, 15) is 32.3 Å². The molecule has 4 rings (SSSR count). The first-order valence-corrected chi connectivity index (χ1v) is 11.1. The molecule has 0 spiro atoms. The van der Waals surface area contributed by atoms with Gasteiger partial charge in [-0.05, 0) is 55.9 Å². The van der Waals surface area contributed by atoms with Crippen LogP contribution in [0.15, 0.2) is 41.5 Å². The molecule has 0 aliphatic heterocycles. The molecule has 6 nitrogen and oxygen atoms in total. The van der Waals surface area contributed by atoms with Gasteiger partial charge >= 0.3 is 12.1 Å². The zero-order valence-corrected chi connectivity index (χ0v) is 18.8. The summed E-state index contributed by atoms with van der Waals surface area (Å²) in [5, 5.41) is 12.0. The molecule has 190 valence electrons. The van der Waals surface area contributed by atoms with Crippen LogP contribution in [-0.2, 0) is 16.4 Å². The normalized spacial score (nSPS) is 17.3. The van der Waals surface area contributed by atoms with Crippen LogP contribution < -0.4 is 11.1 Å². The van der Waals surface area contributed by atoms with Gasteiger partial charge in [-0.25, -0.2) is 13.6 Å². The van der Waals surface area contributed by atoms with Crippen LogP contribution in [0.5, 0.6) is 0 Å². The lowest BCUT2D eigenvalue weighted by Crippen LogP contribution is -2.29. The number of carbonyl (C=O) groups is 2. The molecule has 2 aliphatic carbocycles. The summed E-state index contributed by atoms with van der Waals surface area (Å²) in [7, 11) is 0. The van der Waals surface area contributed by atoms with Crippen LogP contribution in [0, 0.1) is 17.6 Å². The number of benzene rings is 2. The largest absolute Gasteiger partial charge is 0.478 e. The number of aliphatic imine (C=N–C) groups is 1. The molecule has 2 fully saturated rings. The molecule has 2 aromatic carbocycles. The number of aromatic carboxylic acids is 1. The van der Waals surface area contributed by atoms with Gasteiger partial charge in [-0.15, -0.1) is 0 Å². The molecular formula is C25H22F5N3O3. The van der Waals surface area contributed by atoms with Crippen LogP contribution in [0.3, 0.4) is 0 Å². The van der Waals surface area contributed by atoms with Crippen LogP contribution in [0.1, 0.15) is 52.7 Å². The number of rotatable bonds is 8. The number of anilines is 1. The Morgan fingerprint density at radius 3 is 2.36 bits per heavy atom. The highest BCUT2D eigenvalue weighted by Gasteiger charge is 2.53. The predicted octanol–water partition coefficient (Wildman–Crippen LogP) is 5.13. The Balaban J connectivity index is 1.61. The van der Waals surface area contributed by atoms with Gasteiger partial charge in [-0.2, -0.15) is 13.2 Å². The van der Waals surface area contributed by atoms with E-state index in [0.717, 1.165) is 37.2 Å². The summed E-state index contributed by atoms with van der Waals surface area (Å²) >= 11 is 0. The number of hydrogen-bond donors (Lipinski definition) is 3. The fourth-order valence-electron chi connectivity index (χ4n) is 4.01. The number of allylic oxidation sites excluding steroid dienone is 1. The lowest BCUT2D eigenvalue weighted by atomic mass is 9.92. The number of carbonyl (C=O) groups excluding carboxylic acids is 1. The van der Waals surface area contributed by atoms with Gasteiger partial charge in [0, 0.05) is 41.3 Å². The van der Waals surface area contributed by atoms with E-state index in [1.165, 1.54) is 6.21 Å². The molecule has 0 aromatic heterocycles. The average molecular weight is 507 g/mol. The van der Waals surface area contributed by atoms with E-state index in [0.29, 0.717) is 24.6 Å². The van der Waals surface area contributed by atoms with E-state index in [-0.39, 0.29) is 35.2 Å². The van der Waals surface area contributed by atoms with Gasteiger partial charge in [0.15, 0.2) is 0 Å². The predicted molar refractivity (Wildman–Crippen MR) is 123 cm³/mol. The van der Waals surface area contributed by atoms with Gasteiger partial charge in [0.25, 0.3) is 0 Å². The Morgan fingerprint density at radius 1 is 1.14 bits per heavy atom. The molecule has 0 bridgehead atoms. The highest BCUT2D eigenvalue weighted by atomic mass is 19.4. The molecule has 0 heterocycles. The molecule has 0 atom stereocenters. The Labute approximate surface area is 202 Å². The number of nitrogens with two attached hydrogens (primary N) is 1. The van der Waals surface area contributed by atoms with E-state index in [1.807, 2.05) is 0 Å². The van der Waals surface area contributed by atoms with Crippen molar-refractivity contribution in [3.8, 4) is 0 Å². The molecule has 2 aliphatic rings. The smallest absolute Gasteiger partial charge is 0.416 e. The fourth-order valence-corrected chi connectivity index (χ4v) is 4.01. The topological polar surface area (TPSA) is 105 Å².